The molecule has 100 valence electrons. The third kappa shape index (κ3) is 2.95. The van der Waals surface area contributed by atoms with Gasteiger partial charge in [-0.05, 0) is 49.7 Å². The molecule has 0 bridgehead atoms. The number of benzene rings is 1. The highest BCUT2D eigenvalue weighted by molar-refractivity contribution is 5.32. The molecule has 1 aliphatic carbocycles. The fraction of sp³-hybridized carbons (Fsp3) is 0.647. The maximum Gasteiger partial charge on any atom is 0.0820 e. The molecular formula is C17H26O. The molecule has 3 atom stereocenters. The van der Waals surface area contributed by atoms with Crippen LogP contribution >= 0.6 is 0 Å². The first-order chi connectivity index (χ1) is 8.61. The first-order valence-electron chi connectivity index (χ1n) is 7.37. The van der Waals surface area contributed by atoms with Gasteiger partial charge in [0.15, 0.2) is 0 Å². The van der Waals surface area contributed by atoms with Crippen LogP contribution in [0.2, 0.25) is 0 Å². The van der Waals surface area contributed by atoms with Gasteiger partial charge in [0.05, 0.1) is 6.10 Å². The summed E-state index contributed by atoms with van der Waals surface area (Å²) in [4.78, 5) is 0. The summed E-state index contributed by atoms with van der Waals surface area (Å²) < 4.78 is 0. The van der Waals surface area contributed by atoms with Gasteiger partial charge in [-0.3, -0.25) is 0 Å². The van der Waals surface area contributed by atoms with Crippen molar-refractivity contribution in [2.45, 2.75) is 59.0 Å². The standard InChI is InChI=1S/C17H26O/c1-4-14-6-5-7-15(11-14)17(18)16-9-8-12(2)10-13(16)3/h8-10,14-15,17-18H,4-7,11H2,1-3H3. The molecule has 1 heteroatoms. The Morgan fingerprint density at radius 2 is 2.06 bits per heavy atom. The Morgan fingerprint density at radius 1 is 1.28 bits per heavy atom. The van der Waals surface area contributed by atoms with E-state index in [1.54, 1.807) is 0 Å². The van der Waals surface area contributed by atoms with Gasteiger partial charge in [0.1, 0.15) is 0 Å². The lowest BCUT2D eigenvalue weighted by molar-refractivity contribution is 0.0673. The van der Waals surface area contributed by atoms with Crippen LogP contribution in [0.1, 0.15) is 61.8 Å². The van der Waals surface area contributed by atoms with E-state index in [9.17, 15) is 5.11 Å². The molecule has 1 nitrogen and oxygen atoms in total. The third-order valence-corrected chi connectivity index (χ3v) is 4.59. The lowest BCUT2D eigenvalue weighted by Gasteiger charge is -2.32. The zero-order valence-corrected chi connectivity index (χ0v) is 11.9. The molecule has 0 radical (unpaired) electrons. The fourth-order valence-corrected chi connectivity index (χ4v) is 3.40. The van der Waals surface area contributed by atoms with Crippen LogP contribution in [0.25, 0.3) is 0 Å². The van der Waals surface area contributed by atoms with E-state index in [1.165, 1.54) is 43.2 Å². The lowest BCUT2D eigenvalue weighted by atomic mass is 9.75. The number of hydrogen-bond acceptors (Lipinski definition) is 1. The summed E-state index contributed by atoms with van der Waals surface area (Å²) in [5, 5.41) is 10.6. The van der Waals surface area contributed by atoms with Crippen LogP contribution < -0.4 is 0 Å². The topological polar surface area (TPSA) is 20.2 Å². The largest absolute Gasteiger partial charge is 0.388 e. The first kappa shape index (κ1) is 13.6. The summed E-state index contributed by atoms with van der Waals surface area (Å²) >= 11 is 0. The molecule has 1 aromatic carbocycles. The zero-order valence-electron chi connectivity index (χ0n) is 11.9. The minimum absolute atomic E-state index is 0.264. The molecule has 0 aromatic heterocycles. The van der Waals surface area contributed by atoms with Crippen molar-refractivity contribution in [1.82, 2.24) is 0 Å². The molecule has 0 heterocycles. The lowest BCUT2D eigenvalue weighted by Crippen LogP contribution is -2.21. The van der Waals surface area contributed by atoms with Crippen molar-refractivity contribution in [3.63, 3.8) is 0 Å². The normalized spacial score (nSPS) is 26.0. The van der Waals surface area contributed by atoms with E-state index < -0.39 is 0 Å². The highest BCUT2D eigenvalue weighted by atomic mass is 16.3. The van der Waals surface area contributed by atoms with Gasteiger partial charge in [0.2, 0.25) is 0 Å². The van der Waals surface area contributed by atoms with Crippen molar-refractivity contribution in [3.05, 3.63) is 34.9 Å². The van der Waals surface area contributed by atoms with Crippen molar-refractivity contribution < 1.29 is 5.11 Å². The van der Waals surface area contributed by atoms with E-state index in [4.69, 9.17) is 0 Å². The maximum absolute atomic E-state index is 10.6. The second-order valence-electron chi connectivity index (χ2n) is 6.01. The van der Waals surface area contributed by atoms with Crippen LogP contribution in [0.5, 0.6) is 0 Å². The summed E-state index contributed by atoms with van der Waals surface area (Å²) in [7, 11) is 0. The quantitative estimate of drug-likeness (QED) is 0.829. The molecule has 1 N–H and O–H groups in total. The van der Waals surface area contributed by atoms with Gasteiger partial charge in [-0.25, -0.2) is 0 Å². The maximum atomic E-state index is 10.6. The molecule has 1 saturated carbocycles. The van der Waals surface area contributed by atoms with Crippen molar-refractivity contribution >= 4 is 0 Å². The van der Waals surface area contributed by atoms with Crippen molar-refractivity contribution in [2.75, 3.05) is 0 Å². The minimum atomic E-state index is -0.264. The predicted molar refractivity (Wildman–Crippen MR) is 76.6 cm³/mol. The molecule has 3 unspecified atom stereocenters. The summed E-state index contributed by atoms with van der Waals surface area (Å²) in [5.74, 6) is 1.29. The molecule has 2 rings (SSSR count). The first-order valence-corrected chi connectivity index (χ1v) is 7.37. The second-order valence-corrected chi connectivity index (χ2v) is 6.01. The Bertz CT molecular complexity index is 397. The number of rotatable bonds is 3. The van der Waals surface area contributed by atoms with E-state index in [2.05, 4.69) is 39.0 Å². The molecular weight excluding hydrogens is 220 g/mol. The molecule has 0 spiro atoms. The van der Waals surface area contributed by atoms with Gasteiger partial charge in [-0.15, -0.1) is 0 Å². The summed E-state index contributed by atoms with van der Waals surface area (Å²) in [5.41, 5.74) is 3.65. The smallest absolute Gasteiger partial charge is 0.0820 e. The fourth-order valence-electron chi connectivity index (χ4n) is 3.40. The van der Waals surface area contributed by atoms with Crippen LogP contribution in [0.3, 0.4) is 0 Å². The zero-order chi connectivity index (χ0) is 13.1. The molecule has 18 heavy (non-hydrogen) atoms. The van der Waals surface area contributed by atoms with Crippen LogP contribution in [-0.2, 0) is 0 Å². The highest BCUT2D eigenvalue weighted by Gasteiger charge is 2.28. The molecule has 1 aromatic rings. The van der Waals surface area contributed by atoms with Crippen LogP contribution in [0.4, 0.5) is 0 Å². The molecule has 1 aliphatic rings. The van der Waals surface area contributed by atoms with Gasteiger partial charge in [0.25, 0.3) is 0 Å². The summed E-state index contributed by atoms with van der Waals surface area (Å²) in [6.07, 6.45) is 6.02. The SMILES string of the molecule is CCC1CCCC(C(O)c2ccc(C)cc2C)C1. The molecule has 0 amide bonds. The average Bonchev–Trinajstić information content (AvgIpc) is 2.38. The van der Waals surface area contributed by atoms with Crippen molar-refractivity contribution in [1.29, 1.82) is 0 Å². The Kier molecular flexibility index (Phi) is 4.45. The Hall–Kier alpha value is -0.820. The average molecular weight is 246 g/mol. The molecule has 1 fully saturated rings. The molecule has 0 saturated heterocycles. The third-order valence-electron chi connectivity index (χ3n) is 4.59. The Morgan fingerprint density at radius 3 is 2.72 bits per heavy atom. The summed E-state index contributed by atoms with van der Waals surface area (Å²) in [6, 6.07) is 6.41. The molecule has 0 aliphatic heterocycles. The van der Waals surface area contributed by atoms with Crippen molar-refractivity contribution in [3.8, 4) is 0 Å². The summed E-state index contributed by atoms with van der Waals surface area (Å²) in [6.45, 7) is 6.50. The number of hydrogen-bond donors (Lipinski definition) is 1. The van der Waals surface area contributed by atoms with Crippen LogP contribution in [0.15, 0.2) is 18.2 Å². The van der Waals surface area contributed by atoms with E-state index in [-0.39, 0.29) is 6.10 Å². The number of aryl methyl sites for hydroxylation is 2. The van der Waals surface area contributed by atoms with E-state index in [0.717, 1.165) is 11.5 Å². The number of aliphatic hydroxyl groups excluding tert-OH is 1. The van der Waals surface area contributed by atoms with Crippen molar-refractivity contribution in [2.24, 2.45) is 11.8 Å². The van der Waals surface area contributed by atoms with Crippen LogP contribution in [0, 0.1) is 25.7 Å². The van der Waals surface area contributed by atoms with Gasteiger partial charge in [-0.1, -0.05) is 49.9 Å². The Labute approximate surface area is 111 Å². The highest BCUT2D eigenvalue weighted by Crippen LogP contribution is 2.39. The van der Waals surface area contributed by atoms with Gasteiger partial charge in [-0.2, -0.15) is 0 Å². The van der Waals surface area contributed by atoms with Gasteiger partial charge < -0.3 is 5.11 Å². The van der Waals surface area contributed by atoms with E-state index >= 15 is 0 Å². The number of aliphatic hydroxyl groups is 1. The Balaban J connectivity index is 2.12. The van der Waals surface area contributed by atoms with E-state index in [0.29, 0.717) is 5.92 Å². The van der Waals surface area contributed by atoms with Gasteiger partial charge >= 0.3 is 0 Å². The predicted octanol–water partition coefficient (Wildman–Crippen LogP) is 4.55. The van der Waals surface area contributed by atoms with E-state index in [1.807, 2.05) is 0 Å². The van der Waals surface area contributed by atoms with Gasteiger partial charge in [0, 0.05) is 0 Å². The van der Waals surface area contributed by atoms with Crippen LogP contribution in [-0.4, -0.2) is 5.11 Å². The monoisotopic (exact) mass is 246 g/mol. The minimum Gasteiger partial charge on any atom is -0.388 e. The second kappa shape index (κ2) is 5.88.